The highest BCUT2D eigenvalue weighted by Crippen LogP contribution is 2.65. The first kappa shape index (κ1) is 34.2. The van der Waals surface area contributed by atoms with E-state index in [-0.39, 0.29) is 46.1 Å². The zero-order valence-electron chi connectivity index (χ0n) is 29.8. The van der Waals surface area contributed by atoms with E-state index in [1.807, 2.05) is 19.9 Å². The molecule has 0 saturated heterocycles. The number of aliphatic hydroxyl groups is 2. The Morgan fingerprint density at radius 1 is 0.860 bits per heavy atom. The Kier molecular flexibility index (Phi) is 7.99. The molecule has 4 aliphatic rings. The fraction of sp³-hybridized carbons (Fsp3) is 0.538. The Morgan fingerprint density at radius 2 is 1.54 bits per heavy atom. The molecule has 3 atom stereocenters. The molecule has 11 heteroatoms. The number of Topliss-reactive ketones (excluding diaryl/α,β-unsaturated/α-hetero) is 3. The molecule has 0 saturated carbocycles. The summed E-state index contributed by atoms with van der Waals surface area (Å²) in [5.74, 6) is -2.72. The molecule has 11 nitrogen and oxygen atoms in total. The molecule has 0 amide bonds. The van der Waals surface area contributed by atoms with E-state index in [4.69, 9.17) is 23.5 Å². The van der Waals surface area contributed by atoms with E-state index >= 15 is 4.79 Å². The molecule has 2 N–H and O–H groups in total. The number of aromatic nitrogens is 1. The van der Waals surface area contributed by atoms with Crippen molar-refractivity contribution in [2.24, 2.45) is 5.41 Å². The van der Waals surface area contributed by atoms with Gasteiger partial charge in [0.15, 0.2) is 17.1 Å². The summed E-state index contributed by atoms with van der Waals surface area (Å²) in [6, 6.07) is 1.81. The van der Waals surface area contributed by atoms with Crippen LogP contribution in [0.4, 0.5) is 0 Å². The smallest absolute Gasteiger partial charge is 0.265 e. The first-order valence-electron chi connectivity index (χ1n) is 17.6. The summed E-state index contributed by atoms with van der Waals surface area (Å²) in [5, 5.41) is 29.6. The molecule has 4 aliphatic carbocycles. The van der Waals surface area contributed by atoms with Crippen molar-refractivity contribution in [2.75, 3.05) is 27.4 Å². The largest absolute Gasteiger partial charge is 0.496 e. The molecule has 3 aromatic rings. The van der Waals surface area contributed by atoms with E-state index in [9.17, 15) is 19.8 Å². The van der Waals surface area contributed by atoms with Crippen molar-refractivity contribution >= 4 is 28.1 Å². The van der Waals surface area contributed by atoms with Gasteiger partial charge in [-0.05, 0) is 55.2 Å². The van der Waals surface area contributed by atoms with E-state index in [0.717, 1.165) is 43.2 Å². The second kappa shape index (κ2) is 11.7. The number of ether oxygens (including phenoxy) is 4. The van der Waals surface area contributed by atoms with E-state index in [2.05, 4.69) is 32.0 Å². The van der Waals surface area contributed by atoms with Crippen LogP contribution in [0, 0.1) is 5.41 Å². The first-order valence-corrected chi connectivity index (χ1v) is 17.6. The summed E-state index contributed by atoms with van der Waals surface area (Å²) in [4.78, 5) is 44.3. The molecule has 1 spiro atoms. The Hall–Kier alpha value is -4.22. The highest BCUT2D eigenvalue weighted by atomic mass is 16.5. The number of methoxy groups -OCH3 is 2. The third-order valence-electron chi connectivity index (χ3n) is 11.9. The van der Waals surface area contributed by atoms with Gasteiger partial charge >= 0.3 is 0 Å². The number of carbonyl (C=O) groups is 3. The van der Waals surface area contributed by atoms with Crippen LogP contribution in [-0.4, -0.2) is 71.4 Å². The molecule has 1 aromatic heterocycles. The highest BCUT2D eigenvalue weighted by Gasteiger charge is 2.72. The number of rotatable bonds is 10. The van der Waals surface area contributed by atoms with Gasteiger partial charge in [-0.25, -0.2) is 0 Å². The zero-order valence-corrected chi connectivity index (χ0v) is 29.8. The SMILES string of the molecule is CCCCOc1noc2c1C(=O)C1(O)C(=O)c3c(c4c5c(c(OC)cc(OCCCC)c5c3OC)[C@@]3(C4)C(C)=CCCC3(C)C)C(=O)[C@]1(O)C2. The normalized spacial score (nSPS) is 26.1. The maximum atomic E-state index is 15.0. The van der Waals surface area contributed by atoms with E-state index in [0.29, 0.717) is 47.3 Å². The molecular formula is C39H45NO10. The van der Waals surface area contributed by atoms with Gasteiger partial charge in [-0.3, -0.25) is 14.4 Å². The summed E-state index contributed by atoms with van der Waals surface area (Å²) in [6.07, 6.45) is 6.67. The lowest BCUT2D eigenvalue weighted by Gasteiger charge is -2.49. The second-order valence-electron chi connectivity index (χ2n) is 14.8. The average Bonchev–Trinajstić information content (AvgIpc) is 3.66. The van der Waals surface area contributed by atoms with Gasteiger partial charge in [0.05, 0.1) is 38.4 Å². The van der Waals surface area contributed by atoms with Gasteiger partial charge in [0.2, 0.25) is 17.2 Å². The maximum Gasteiger partial charge on any atom is 0.265 e. The lowest BCUT2D eigenvalue weighted by molar-refractivity contribution is -0.0878. The van der Waals surface area contributed by atoms with Crippen molar-refractivity contribution < 1.29 is 48.1 Å². The number of ketones is 3. The Bertz CT molecular complexity index is 2010. The van der Waals surface area contributed by atoms with Crippen LogP contribution in [0.5, 0.6) is 23.1 Å². The van der Waals surface area contributed by atoms with E-state index in [1.165, 1.54) is 7.11 Å². The van der Waals surface area contributed by atoms with Crippen molar-refractivity contribution in [3.63, 3.8) is 0 Å². The van der Waals surface area contributed by atoms with E-state index in [1.54, 1.807) is 7.11 Å². The summed E-state index contributed by atoms with van der Waals surface area (Å²) in [5.41, 5.74) is -5.24. The number of unbranched alkanes of at least 4 members (excludes halogenated alkanes) is 2. The first-order chi connectivity index (χ1) is 23.8. The monoisotopic (exact) mass is 687 g/mol. The van der Waals surface area contributed by atoms with Crippen LogP contribution in [0.1, 0.15) is 121 Å². The fourth-order valence-electron chi connectivity index (χ4n) is 9.10. The maximum absolute atomic E-state index is 15.0. The van der Waals surface area contributed by atoms with Crippen LogP contribution in [0.2, 0.25) is 0 Å². The van der Waals surface area contributed by atoms with Crippen molar-refractivity contribution in [1.82, 2.24) is 5.16 Å². The predicted molar refractivity (Wildman–Crippen MR) is 183 cm³/mol. The standard InChI is InChI=1S/C39H45NO10/c1-8-10-15-48-22-17-23(46-6)30-25-21(18-37(30)20(3)13-12-14-36(37,4)5)26-29(31(47-7)27(22)25)34(43)39(45)33(42)28-24(19-38(39,44)32(26)41)50-40-35(28)49-16-11-9-2/h13,17,44-45H,8-12,14-16,18-19H2,1-7H3/t37-,38-,39?/m1/s1. The summed E-state index contributed by atoms with van der Waals surface area (Å²) >= 11 is 0. The molecule has 1 unspecified atom stereocenters. The minimum absolute atomic E-state index is 0.0152. The predicted octanol–water partition coefficient (Wildman–Crippen LogP) is 6.04. The summed E-state index contributed by atoms with van der Waals surface area (Å²) < 4.78 is 29.6. The topological polar surface area (TPSA) is 155 Å². The minimum Gasteiger partial charge on any atom is -0.496 e. The van der Waals surface area contributed by atoms with Gasteiger partial charge in [-0.1, -0.05) is 52.2 Å². The highest BCUT2D eigenvalue weighted by molar-refractivity contribution is 6.37. The number of allylic oxidation sites excluding steroid dienone is 2. The van der Waals surface area contributed by atoms with Gasteiger partial charge in [-0.2, -0.15) is 0 Å². The number of nitrogens with zero attached hydrogens (tertiary/aromatic N) is 1. The van der Waals surface area contributed by atoms with Crippen molar-refractivity contribution in [3.8, 4) is 23.1 Å². The molecule has 50 heavy (non-hydrogen) atoms. The van der Waals surface area contributed by atoms with Crippen LogP contribution in [0.3, 0.4) is 0 Å². The van der Waals surface area contributed by atoms with Gasteiger partial charge in [0.25, 0.3) is 5.88 Å². The number of hydrogen-bond donors (Lipinski definition) is 2. The van der Waals surface area contributed by atoms with Crippen molar-refractivity contribution in [2.45, 2.75) is 103 Å². The Morgan fingerprint density at radius 3 is 2.18 bits per heavy atom. The van der Waals surface area contributed by atoms with Gasteiger partial charge < -0.3 is 33.7 Å². The van der Waals surface area contributed by atoms with Crippen LogP contribution in [0.25, 0.3) is 10.8 Å². The molecular weight excluding hydrogens is 642 g/mol. The van der Waals surface area contributed by atoms with Gasteiger partial charge in [0.1, 0.15) is 22.8 Å². The number of carbonyl (C=O) groups excluding carboxylic acids is 3. The minimum atomic E-state index is -3.21. The number of fused-ring (bicyclic) bond motifs is 5. The molecule has 7 rings (SSSR count). The molecule has 0 fully saturated rings. The summed E-state index contributed by atoms with van der Waals surface area (Å²) in [6.45, 7) is 11.1. The Labute approximate surface area is 290 Å². The van der Waals surface area contributed by atoms with Crippen LogP contribution < -0.4 is 18.9 Å². The van der Waals surface area contributed by atoms with Gasteiger partial charge in [-0.15, -0.1) is 0 Å². The van der Waals surface area contributed by atoms with Crippen molar-refractivity contribution in [3.05, 3.63) is 51.3 Å². The van der Waals surface area contributed by atoms with Gasteiger partial charge in [0, 0.05) is 34.4 Å². The molecule has 0 bridgehead atoms. The lowest BCUT2D eigenvalue weighted by atomic mass is 9.54. The molecule has 0 aliphatic heterocycles. The third kappa shape index (κ3) is 4.10. The van der Waals surface area contributed by atoms with Crippen LogP contribution in [-0.2, 0) is 18.3 Å². The molecule has 0 radical (unpaired) electrons. The molecule has 266 valence electrons. The average molecular weight is 688 g/mol. The van der Waals surface area contributed by atoms with Crippen LogP contribution >= 0.6 is 0 Å². The van der Waals surface area contributed by atoms with Crippen molar-refractivity contribution in [1.29, 1.82) is 0 Å². The zero-order chi connectivity index (χ0) is 36.0. The molecule has 2 aromatic carbocycles. The third-order valence-corrected chi connectivity index (χ3v) is 11.9. The number of benzene rings is 2. The fourth-order valence-corrected chi connectivity index (χ4v) is 9.10. The number of hydrogen-bond acceptors (Lipinski definition) is 11. The summed E-state index contributed by atoms with van der Waals surface area (Å²) in [7, 11) is 2.98. The Balaban J connectivity index is 1.56. The molecule has 1 heterocycles. The second-order valence-corrected chi connectivity index (χ2v) is 14.8. The quantitative estimate of drug-likeness (QED) is 0.146. The lowest BCUT2D eigenvalue weighted by Crippen LogP contribution is -2.73. The van der Waals surface area contributed by atoms with E-state index < -0.39 is 40.4 Å². The van der Waals surface area contributed by atoms with Crippen LogP contribution in [0.15, 0.2) is 22.2 Å².